The van der Waals surface area contributed by atoms with Gasteiger partial charge in [0.05, 0.1) is 26.9 Å². The number of nitrogens with zero attached hydrogens (tertiary/aromatic N) is 2. The fraction of sp³-hybridized carbons (Fsp3) is 0.407. The Morgan fingerprint density at radius 3 is 2.49 bits per heavy atom. The molecule has 0 saturated carbocycles. The zero-order valence-corrected chi connectivity index (χ0v) is 20.6. The van der Waals surface area contributed by atoms with Crippen LogP contribution < -0.4 is 19.1 Å². The number of carboxylic acid groups (broad SMARTS) is 1. The molecule has 3 rings (SSSR count). The van der Waals surface area contributed by atoms with Crippen LogP contribution in [0.3, 0.4) is 0 Å². The van der Waals surface area contributed by atoms with E-state index in [9.17, 15) is 9.59 Å². The average Bonchev–Trinajstić information content (AvgIpc) is 3.36. The molecule has 1 atom stereocenters. The van der Waals surface area contributed by atoms with E-state index in [0.29, 0.717) is 37.6 Å². The van der Waals surface area contributed by atoms with Crippen molar-refractivity contribution in [3.05, 3.63) is 60.2 Å². The third-order valence-electron chi connectivity index (χ3n) is 6.02. The first-order valence-electron chi connectivity index (χ1n) is 11.9. The van der Waals surface area contributed by atoms with Crippen molar-refractivity contribution < 1.29 is 28.9 Å². The monoisotopic (exact) mass is 482 g/mol. The summed E-state index contributed by atoms with van der Waals surface area (Å²) in [5.74, 6) is 0.676. The molecule has 0 aliphatic carbocycles. The number of hydrogen-bond donors (Lipinski definition) is 1. The van der Waals surface area contributed by atoms with Crippen LogP contribution in [0, 0.1) is 0 Å². The summed E-state index contributed by atoms with van der Waals surface area (Å²) in [5.41, 5.74) is 2.07. The van der Waals surface area contributed by atoms with Gasteiger partial charge in [-0.1, -0.05) is 13.0 Å². The van der Waals surface area contributed by atoms with Crippen molar-refractivity contribution in [2.24, 2.45) is 0 Å². The normalized spacial score (nSPS) is 15.3. The second-order valence-corrected chi connectivity index (χ2v) is 8.37. The molecule has 0 bridgehead atoms. The summed E-state index contributed by atoms with van der Waals surface area (Å²) in [6.07, 6.45) is 4.39. The minimum Gasteiger partial charge on any atom is -0.494 e. The molecule has 1 aliphatic rings. The largest absolute Gasteiger partial charge is 0.494 e. The number of carbonyl (C=O) groups is 2. The highest BCUT2D eigenvalue weighted by molar-refractivity contribution is 5.94. The number of aliphatic carboxylic acids is 1. The van der Waals surface area contributed by atoms with Gasteiger partial charge in [0.15, 0.2) is 11.5 Å². The van der Waals surface area contributed by atoms with Gasteiger partial charge in [0.2, 0.25) is 5.91 Å². The van der Waals surface area contributed by atoms with Crippen LogP contribution in [0.4, 0.5) is 5.69 Å². The molecule has 1 heterocycles. The molecule has 0 aromatic heterocycles. The molecule has 188 valence electrons. The maximum absolute atomic E-state index is 13.0. The molecule has 2 aromatic rings. The second-order valence-electron chi connectivity index (χ2n) is 8.37. The van der Waals surface area contributed by atoms with Gasteiger partial charge in [0, 0.05) is 37.5 Å². The van der Waals surface area contributed by atoms with Crippen molar-refractivity contribution in [3.8, 4) is 17.2 Å². The fourth-order valence-electron chi connectivity index (χ4n) is 4.20. The van der Waals surface area contributed by atoms with Crippen LogP contribution in [-0.2, 0) is 16.0 Å². The van der Waals surface area contributed by atoms with Crippen molar-refractivity contribution in [2.45, 2.75) is 32.2 Å². The highest BCUT2D eigenvalue weighted by Crippen LogP contribution is 2.29. The zero-order chi connectivity index (χ0) is 25.2. The number of methoxy groups -OCH3 is 2. The molecule has 1 amide bonds. The molecule has 8 nitrogen and oxygen atoms in total. The van der Waals surface area contributed by atoms with E-state index in [1.54, 1.807) is 19.1 Å². The van der Waals surface area contributed by atoms with E-state index in [-0.39, 0.29) is 11.9 Å². The zero-order valence-electron chi connectivity index (χ0n) is 20.6. The maximum atomic E-state index is 13.0. The van der Waals surface area contributed by atoms with Crippen molar-refractivity contribution >= 4 is 17.6 Å². The average molecular weight is 483 g/mol. The van der Waals surface area contributed by atoms with Crippen molar-refractivity contribution in [2.75, 3.05) is 45.4 Å². The minimum atomic E-state index is -1.14. The Kier molecular flexibility index (Phi) is 9.40. The number of anilines is 1. The summed E-state index contributed by atoms with van der Waals surface area (Å²) >= 11 is 0. The molecule has 1 saturated heterocycles. The fourth-order valence-corrected chi connectivity index (χ4v) is 4.20. The Labute approximate surface area is 206 Å². The molecule has 0 spiro atoms. The van der Waals surface area contributed by atoms with Crippen LogP contribution >= 0.6 is 0 Å². The second kappa shape index (κ2) is 12.7. The topological polar surface area (TPSA) is 88.5 Å². The number of carbonyl (C=O) groups excluding carboxylic acids is 1. The molecule has 0 radical (unpaired) electrons. The Bertz CT molecular complexity index is 1020. The molecule has 1 N–H and O–H groups in total. The number of ether oxygens (including phenoxy) is 3. The van der Waals surface area contributed by atoms with Gasteiger partial charge in [-0.3, -0.25) is 4.79 Å². The van der Waals surface area contributed by atoms with Gasteiger partial charge < -0.3 is 29.1 Å². The number of rotatable bonds is 12. The lowest BCUT2D eigenvalue weighted by atomic mass is 10.1. The van der Waals surface area contributed by atoms with E-state index in [0.717, 1.165) is 48.5 Å². The first-order chi connectivity index (χ1) is 16.9. The first-order valence-corrected chi connectivity index (χ1v) is 11.9. The molecule has 2 aromatic carbocycles. The molecule has 8 heteroatoms. The van der Waals surface area contributed by atoms with Gasteiger partial charge in [-0.15, -0.1) is 0 Å². The predicted molar refractivity (Wildman–Crippen MR) is 135 cm³/mol. The number of benzene rings is 2. The van der Waals surface area contributed by atoms with E-state index in [1.807, 2.05) is 42.5 Å². The van der Waals surface area contributed by atoms with Gasteiger partial charge >= 0.3 is 5.97 Å². The lowest BCUT2D eigenvalue weighted by Gasteiger charge is -2.29. The Balaban J connectivity index is 1.71. The molecule has 35 heavy (non-hydrogen) atoms. The Morgan fingerprint density at radius 2 is 1.83 bits per heavy atom. The molecule has 1 aliphatic heterocycles. The van der Waals surface area contributed by atoms with E-state index in [2.05, 4.69) is 11.8 Å². The van der Waals surface area contributed by atoms with Gasteiger partial charge in [-0.05, 0) is 61.2 Å². The molecular weight excluding hydrogens is 448 g/mol. The maximum Gasteiger partial charge on any atom is 0.328 e. The summed E-state index contributed by atoms with van der Waals surface area (Å²) in [4.78, 5) is 28.0. The smallest absolute Gasteiger partial charge is 0.328 e. The third kappa shape index (κ3) is 7.15. The van der Waals surface area contributed by atoms with Crippen LogP contribution in [0.15, 0.2) is 54.6 Å². The lowest BCUT2D eigenvalue weighted by molar-refractivity contribution is -0.132. The number of hydrogen-bond acceptors (Lipinski definition) is 6. The summed E-state index contributed by atoms with van der Waals surface area (Å²) in [6.45, 7) is 4.70. The molecule has 1 fully saturated rings. The van der Waals surface area contributed by atoms with E-state index in [4.69, 9.17) is 19.3 Å². The van der Waals surface area contributed by atoms with Crippen LogP contribution in [0.25, 0.3) is 0 Å². The molecule has 0 unspecified atom stereocenters. The molecular formula is C27H34N2O6. The standard InChI is InChI=1S/C27H34N2O6/c1-4-17-35-23-8-6-21(7-9-23)28-15-14-22(19-28)29(26(30)11-12-27(31)32)16-13-20-5-10-24(33-2)25(18-20)34-3/h5-12,18,22H,4,13-17,19H2,1-3H3,(H,31,32)/b12-11+/t22-/m0/s1. The Hall–Kier alpha value is -3.68. The summed E-state index contributed by atoms with van der Waals surface area (Å²) in [5, 5.41) is 8.99. The van der Waals surface area contributed by atoms with Gasteiger partial charge in [0.25, 0.3) is 0 Å². The number of amides is 1. The van der Waals surface area contributed by atoms with Crippen LogP contribution in [0.2, 0.25) is 0 Å². The van der Waals surface area contributed by atoms with Crippen LogP contribution in [0.5, 0.6) is 17.2 Å². The predicted octanol–water partition coefficient (Wildman–Crippen LogP) is 3.78. The van der Waals surface area contributed by atoms with Crippen molar-refractivity contribution in [1.29, 1.82) is 0 Å². The van der Waals surface area contributed by atoms with Gasteiger partial charge in [0.1, 0.15) is 5.75 Å². The SMILES string of the molecule is CCCOc1ccc(N2CC[C@H](N(CCc3ccc(OC)c(OC)c3)C(=O)/C=C/C(=O)O)C2)cc1. The van der Waals surface area contributed by atoms with Gasteiger partial charge in [-0.25, -0.2) is 4.79 Å². The van der Waals surface area contributed by atoms with Crippen LogP contribution in [0.1, 0.15) is 25.3 Å². The highest BCUT2D eigenvalue weighted by atomic mass is 16.5. The highest BCUT2D eigenvalue weighted by Gasteiger charge is 2.30. The van der Waals surface area contributed by atoms with Crippen molar-refractivity contribution in [1.82, 2.24) is 4.90 Å². The van der Waals surface area contributed by atoms with E-state index < -0.39 is 5.97 Å². The summed E-state index contributed by atoms with van der Waals surface area (Å²) in [7, 11) is 3.17. The van der Waals surface area contributed by atoms with Crippen LogP contribution in [-0.4, -0.2) is 68.4 Å². The quantitative estimate of drug-likeness (QED) is 0.461. The third-order valence-corrected chi connectivity index (χ3v) is 6.02. The van der Waals surface area contributed by atoms with E-state index >= 15 is 0 Å². The van der Waals surface area contributed by atoms with E-state index in [1.165, 1.54) is 0 Å². The summed E-state index contributed by atoms with van der Waals surface area (Å²) < 4.78 is 16.4. The Morgan fingerprint density at radius 1 is 1.09 bits per heavy atom. The van der Waals surface area contributed by atoms with Gasteiger partial charge in [-0.2, -0.15) is 0 Å². The number of carboxylic acids is 1. The summed E-state index contributed by atoms with van der Waals surface area (Å²) in [6, 6.07) is 13.7. The lowest BCUT2D eigenvalue weighted by Crippen LogP contribution is -2.42. The minimum absolute atomic E-state index is 0.0305. The van der Waals surface area contributed by atoms with Crippen molar-refractivity contribution in [3.63, 3.8) is 0 Å². The first kappa shape index (κ1) is 25.9.